The van der Waals surface area contributed by atoms with Gasteiger partial charge in [-0.1, -0.05) is 231 Å². The van der Waals surface area contributed by atoms with Crippen LogP contribution in [0.15, 0.2) is 267 Å². The molecule has 0 bridgehead atoms. The molecule has 6 nitrogen and oxygen atoms in total. The van der Waals surface area contributed by atoms with Crippen molar-refractivity contribution >= 4 is 65.4 Å². The normalized spacial score (nSPS) is 11.7. The number of aromatic nitrogens is 6. The molecule has 4 heterocycles. The van der Waals surface area contributed by atoms with Crippen molar-refractivity contribution < 1.29 is 0 Å². The lowest BCUT2D eigenvalue weighted by molar-refractivity contribution is 0.953. The maximum atomic E-state index is 5.49. The number of benzene rings is 11. The molecule has 350 valence electrons. The maximum absolute atomic E-state index is 5.49. The Morgan fingerprint density at radius 3 is 1.27 bits per heavy atom. The van der Waals surface area contributed by atoms with Gasteiger partial charge in [0, 0.05) is 60.3 Å². The van der Waals surface area contributed by atoms with E-state index in [1.54, 1.807) is 0 Å². The zero-order valence-electron chi connectivity index (χ0n) is 40.6. The van der Waals surface area contributed by atoms with Crippen molar-refractivity contribution in [3.05, 3.63) is 267 Å². The highest BCUT2D eigenvalue weighted by Crippen LogP contribution is 2.49. The number of hydrogen-bond acceptors (Lipinski definition) is 3. The van der Waals surface area contributed by atoms with Gasteiger partial charge >= 0.3 is 0 Å². The second-order valence-corrected chi connectivity index (χ2v) is 19.1. The number of hydrogen-bond donors (Lipinski definition) is 0. The summed E-state index contributed by atoms with van der Waals surface area (Å²) in [6, 6.07) is 95.4. The summed E-state index contributed by atoms with van der Waals surface area (Å²) in [7, 11) is 0. The number of rotatable bonds is 8. The van der Waals surface area contributed by atoms with Gasteiger partial charge in [0.05, 0.1) is 38.8 Å². The minimum Gasteiger partial charge on any atom is -0.309 e. The van der Waals surface area contributed by atoms with Crippen LogP contribution < -0.4 is 0 Å². The van der Waals surface area contributed by atoms with Crippen LogP contribution >= 0.6 is 0 Å². The number of fused-ring (bicyclic) bond motifs is 10. The van der Waals surface area contributed by atoms with Crippen molar-refractivity contribution in [2.75, 3.05) is 0 Å². The third-order valence-electron chi connectivity index (χ3n) is 14.9. The van der Waals surface area contributed by atoms with Gasteiger partial charge in [0.2, 0.25) is 5.95 Å². The van der Waals surface area contributed by atoms with Gasteiger partial charge in [-0.2, -0.15) is 9.97 Å². The molecule has 15 rings (SSSR count). The van der Waals surface area contributed by atoms with E-state index in [9.17, 15) is 0 Å². The van der Waals surface area contributed by atoms with Crippen molar-refractivity contribution in [1.82, 2.24) is 28.7 Å². The first kappa shape index (κ1) is 42.5. The fourth-order valence-corrected chi connectivity index (χ4v) is 11.6. The van der Waals surface area contributed by atoms with E-state index in [1.165, 1.54) is 10.8 Å². The average molecular weight is 957 g/mol. The van der Waals surface area contributed by atoms with E-state index < -0.39 is 0 Å². The maximum Gasteiger partial charge on any atom is 0.238 e. The predicted octanol–water partition coefficient (Wildman–Crippen LogP) is 17.5. The molecule has 0 spiro atoms. The summed E-state index contributed by atoms with van der Waals surface area (Å²) < 4.78 is 7.29. The molecule has 4 aromatic heterocycles. The number of para-hydroxylation sites is 4. The average Bonchev–Trinajstić information content (AvgIpc) is 4.20. The molecule has 0 radical (unpaired) electrons. The topological polar surface area (TPSA) is 53.5 Å². The van der Waals surface area contributed by atoms with Crippen LogP contribution in [0, 0.1) is 0 Å². The molecule has 0 saturated carbocycles. The van der Waals surface area contributed by atoms with Crippen LogP contribution in [0.3, 0.4) is 0 Å². The molecule has 6 heteroatoms. The van der Waals surface area contributed by atoms with Crippen molar-refractivity contribution in [1.29, 1.82) is 0 Å². The number of nitrogens with zero attached hydrogens (tertiary/aromatic N) is 6. The molecule has 11 aromatic carbocycles. The van der Waals surface area contributed by atoms with Gasteiger partial charge in [0.1, 0.15) is 0 Å². The SMILES string of the molecule is c1ccc(-c2ccc(-c3nc(-c4ccccc4)nc(-n4c5ccccc5c5ccc6c7ccccc7n(-c7cc(-c8ccccc8)c8c(c7-c7ccccc7)c7ccccc7n8-c7ccccc7)c6c54)n3)cc2)cc1. The Bertz CT molecular complexity index is 4660. The van der Waals surface area contributed by atoms with E-state index in [-0.39, 0.29) is 0 Å². The van der Waals surface area contributed by atoms with Crippen LogP contribution in [-0.2, 0) is 0 Å². The Balaban J connectivity index is 1.11. The summed E-state index contributed by atoms with van der Waals surface area (Å²) in [6.45, 7) is 0. The van der Waals surface area contributed by atoms with Crippen LogP contribution in [0.5, 0.6) is 0 Å². The summed E-state index contributed by atoms with van der Waals surface area (Å²) in [5.41, 5.74) is 17.3. The van der Waals surface area contributed by atoms with Gasteiger partial charge in [-0.15, -0.1) is 0 Å². The van der Waals surface area contributed by atoms with Crippen molar-refractivity contribution in [3.8, 4) is 73.5 Å². The molecule has 15 aromatic rings. The Hall–Kier alpha value is -10.2. The summed E-state index contributed by atoms with van der Waals surface area (Å²) in [5.74, 6) is 1.73. The van der Waals surface area contributed by atoms with Crippen LogP contribution in [0.4, 0.5) is 0 Å². The molecule has 0 aliphatic carbocycles. The highest BCUT2D eigenvalue weighted by Gasteiger charge is 2.28. The van der Waals surface area contributed by atoms with Gasteiger partial charge in [0.25, 0.3) is 0 Å². The van der Waals surface area contributed by atoms with Gasteiger partial charge in [-0.25, -0.2) is 4.98 Å². The van der Waals surface area contributed by atoms with Crippen molar-refractivity contribution in [3.63, 3.8) is 0 Å². The lowest BCUT2D eigenvalue weighted by atomic mass is 9.92. The lowest BCUT2D eigenvalue weighted by Crippen LogP contribution is -2.07. The zero-order chi connectivity index (χ0) is 49.4. The fraction of sp³-hybridized carbons (Fsp3) is 0. The van der Waals surface area contributed by atoms with E-state index >= 15 is 0 Å². The molecular weight excluding hydrogens is 913 g/mol. The third-order valence-corrected chi connectivity index (χ3v) is 14.9. The van der Waals surface area contributed by atoms with Gasteiger partial charge in [-0.05, 0) is 58.7 Å². The molecule has 0 aliphatic rings. The molecule has 0 unspecified atom stereocenters. The second kappa shape index (κ2) is 17.3. The van der Waals surface area contributed by atoms with Crippen LogP contribution in [-0.4, -0.2) is 28.7 Å². The highest BCUT2D eigenvalue weighted by atomic mass is 15.2. The molecule has 0 aliphatic heterocycles. The van der Waals surface area contributed by atoms with Crippen LogP contribution in [0.1, 0.15) is 0 Å². The van der Waals surface area contributed by atoms with Crippen LogP contribution in [0.2, 0.25) is 0 Å². The Kier molecular flexibility index (Phi) is 9.78. The minimum absolute atomic E-state index is 0.538. The Morgan fingerprint density at radius 2 is 0.680 bits per heavy atom. The zero-order valence-corrected chi connectivity index (χ0v) is 40.6. The van der Waals surface area contributed by atoms with E-state index in [0.717, 1.165) is 111 Å². The second-order valence-electron chi connectivity index (χ2n) is 19.1. The Labute approximate surface area is 432 Å². The third kappa shape index (κ3) is 6.77. The standard InChI is InChI=1S/C69H44N6/c1-6-22-45(23-7-1)46-38-40-50(41-39-46)68-70-67(49-28-12-4-13-29-49)71-69(72-68)75-59-36-20-17-33-53(59)55-43-42-54-52-32-16-19-35-58(52)74(65(54)66(55)75)61-44-57(47-24-8-2-9-25-47)64-63(62(61)48-26-10-3-11-27-48)56-34-18-21-37-60(56)73(64)51-30-14-5-15-31-51/h1-44H. The first-order chi connectivity index (χ1) is 37.2. The van der Waals surface area contributed by atoms with Gasteiger partial charge in [0.15, 0.2) is 11.6 Å². The highest BCUT2D eigenvalue weighted by molar-refractivity contribution is 6.26. The van der Waals surface area contributed by atoms with E-state index in [1.807, 2.05) is 24.3 Å². The van der Waals surface area contributed by atoms with Gasteiger partial charge in [-0.3, -0.25) is 4.57 Å². The first-order valence-electron chi connectivity index (χ1n) is 25.4. The lowest BCUT2D eigenvalue weighted by Gasteiger charge is -2.20. The van der Waals surface area contributed by atoms with E-state index in [4.69, 9.17) is 15.0 Å². The quantitative estimate of drug-likeness (QED) is 0.152. The van der Waals surface area contributed by atoms with Crippen molar-refractivity contribution in [2.45, 2.75) is 0 Å². The molecule has 0 amide bonds. The molecule has 0 fully saturated rings. The van der Waals surface area contributed by atoms with E-state index in [2.05, 4.69) is 256 Å². The molecule has 0 atom stereocenters. The smallest absolute Gasteiger partial charge is 0.238 e. The minimum atomic E-state index is 0.538. The predicted molar refractivity (Wildman–Crippen MR) is 310 cm³/mol. The summed E-state index contributed by atoms with van der Waals surface area (Å²) in [5, 5.41) is 6.85. The monoisotopic (exact) mass is 956 g/mol. The molecule has 0 N–H and O–H groups in total. The summed E-state index contributed by atoms with van der Waals surface area (Å²) in [6.07, 6.45) is 0. The Morgan fingerprint density at radius 1 is 0.267 bits per heavy atom. The first-order valence-corrected chi connectivity index (χ1v) is 25.4. The summed E-state index contributed by atoms with van der Waals surface area (Å²) in [4.78, 5) is 16.2. The molecule has 0 saturated heterocycles. The van der Waals surface area contributed by atoms with Crippen molar-refractivity contribution in [2.24, 2.45) is 0 Å². The molecule has 75 heavy (non-hydrogen) atoms. The largest absolute Gasteiger partial charge is 0.309 e. The van der Waals surface area contributed by atoms with Gasteiger partial charge < -0.3 is 9.13 Å². The van der Waals surface area contributed by atoms with E-state index in [0.29, 0.717) is 17.6 Å². The fourth-order valence-electron chi connectivity index (χ4n) is 11.6. The molecular formula is C69H44N6. The van der Waals surface area contributed by atoms with Crippen LogP contribution in [0.25, 0.3) is 139 Å². The summed E-state index contributed by atoms with van der Waals surface area (Å²) >= 11 is 0.